The third-order valence-electron chi connectivity index (χ3n) is 5.91. The quantitative estimate of drug-likeness (QED) is 0.405. The van der Waals surface area contributed by atoms with Gasteiger partial charge in [0.05, 0.1) is 11.9 Å². The van der Waals surface area contributed by atoms with E-state index in [9.17, 15) is 4.55 Å². The lowest BCUT2D eigenvalue weighted by Gasteiger charge is -2.24. The molecule has 5 rings (SSSR count). The van der Waals surface area contributed by atoms with E-state index in [1.807, 2.05) is 41.3 Å². The molecule has 172 valence electrons. The van der Waals surface area contributed by atoms with E-state index in [0.717, 1.165) is 42.7 Å². The first-order chi connectivity index (χ1) is 16.1. The molecular formula is C23H28N8OS. The van der Waals surface area contributed by atoms with E-state index in [2.05, 4.69) is 45.7 Å². The van der Waals surface area contributed by atoms with Gasteiger partial charge in [-0.05, 0) is 43.0 Å². The van der Waals surface area contributed by atoms with Gasteiger partial charge in [-0.3, -0.25) is 0 Å². The van der Waals surface area contributed by atoms with Crippen molar-refractivity contribution in [2.75, 3.05) is 18.4 Å². The maximum absolute atomic E-state index is 13.4. The Kier molecular flexibility index (Phi) is 6.30. The molecule has 0 spiro atoms. The van der Waals surface area contributed by atoms with Gasteiger partial charge in [0, 0.05) is 42.2 Å². The van der Waals surface area contributed by atoms with E-state index in [1.54, 1.807) is 10.7 Å². The highest BCUT2D eigenvalue weighted by atomic mass is 32.2. The van der Waals surface area contributed by atoms with Gasteiger partial charge in [-0.1, -0.05) is 32.0 Å². The Labute approximate surface area is 195 Å². The van der Waals surface area contributed by atoms with Crippen molar-refractivity contribution in [1.29, 1.82) is 0 Å². The van der Waals surface area contributed by atoms with Crippen molar-refractivity contribution in [3.63, 3.8) is 0 Å². The summed E-state index contributed by atoms with van der Waals surface area (Å²) in [5.41, 5.74) is 3.76. The Morgan fingerprint density at radius 3 is 2.85 bits per heavy atom. The second-order valence-corrected chi connectivity index (χ2v) is 10.1. The summed E-state index contributed by atoms with van der Waals surface area (Å²) in [6.45, 7) is 6.41. The molecule has 2 N–H and O–H groups in total. The second kappa shape index (κ2) is 9.50. The molecule has 0 unspecified atom stereocenters. The number of hydrogen-bond acceptors (Lipinski definition) is 7. The van der Waals surface area contributed by atoms with Crippen LogP contribution in [0.4, 0.5) is 5.95 Å². The lowest BCUT2D eigenvalue weighted by atomic mass is 10.1. The van der Waals surface area contributed by atoms with Crippen LogP contribution in [-0.2, 0) is 17.7 Å². The van der Waals surface area contributed by atoms with E-state index in [4.69, 9.17) is 4.98 Å². The Morgan fingerprint density at radius 1 is 1.21 bits per heavy atom. The van der Waals surface area contributed by atoms with Gasteiger partial charge < -0.3 is 15.2 Å². The van der Waals surface area contributed by atoms with Crippen molar-refractivity contribution < 1.29 is 4.55 Å². The van der Waals surface area contributed by atoms with Gasteiger partial charge in [-0.15, -0.1) is 4.98 Å². The molecule has 0 radical (unpaired) electrons. The summed E-state index contributed by atoms with van der Waals surface area (Å²) in [7, 11) is 0. The van der Waals surface area contributed by atoms with Crippen LogP contribution in [0.15, 0.2) is 54.1 Å². The Bertz CT molecular complexity index is 1220. The van der Waals surface area contributed by atoms with Crippen LogP contribution in [0, 0.1) is 0 Å². The van der Waals surface area contributed by atoms with Crippen LogP contribution in [0.3, 0.4) is 0 Å². The Hall–Kier alpha value is -2.95. The minimum atomic E-state index is -1.30. The standard InChI is InChI=1S/C23H28N8OS/c1-16(2)19-15-27-31-21(19)28-23(33(32)18-8-5-10-24-14-18)29-22(31)25-13-17-7-3-4-9-20(17)30-12-6-11-26-30/h3-4,6-7,9,11-12,15-16,18,24H,5,8,10,13-14H2,1-2H3,(H,25,28,29)/t18-,33-/m1/s1. The molecule has 4 heterocycles. The number of hydrogen-bond donors (Lipinski definition) is 2. The number of piperidine rings is 1. The van der Waals surface area contributed by atoms with Crippen LogP contribution in [0.2, 0.25) is 0 Å². The third-order valence-corrected chi connectivity index (χ3v) is 7.46. The summed E-state index contributed by atoms with van der Waals surface area (Å²) in [5, 5.41) is 16.0. The average molecular weight is 465 g/mol. The van der Waals surface area contributed by atoms with Crippen molar-refractivity contribution in [2.24, 2.45) is 0 Å². The minimum absolute atomic E-state index is 0.0139. The Morgan fingerprint density at radius 2 is 2.09 bits per heavy atom. The van der Waals surface area contributed by atoms with Crippen LogP contribution < -0.4 is 10.6 Å². The number of benzene rings is 1. The number of rotatable bonds is 7. The van der Waals surface area contributed by atoms with Gasteiger partial charge in [0.2, 0.25) is 5.95 Å². The van der Waals surface area contributed by atoms with Crippen molar-refractivity contribution >= 4 is 22.8 Å². The zero-order valence-corrected chi connectivity index (χ0v) is 19.6. The number of para-hydroxylation sites is 1. The van der Waals surface area contributed by atoms with Crippen LogP contribution in [0.1, 0.15) is 43.7 Å². The van der Waals surface area contributed by atoms with E-state index >= 15 is 0 Å². The SMILES string of the molecule is CC(C)c1cnn2c(NCc3ccccc3-n3cccn3)nc([S@+]([O-])[C@@H]3CCCNC3)nc12. The largest absolute Gasteiger partial charge is 0.609 e. The molecule has 0 bridgehead atoms. The highest BCUT2D eigenvalue weighted by Gasteiger charge is 2.31. The summed E-state index contributed by atoms with van der Waals surface area (Å²) in [5.74, 6) is 0.776. The van der Waals surface area contributed by atoms with E-state index in [-0.39, 0.29) is 11.2 Å². The van der Waals surface area contributed by atoms with Crippen LogP contribution in [-0.4, -0.2) is 52.3 Å². The fourth-order valence-electron chi connectivity index (χ4n) is 4.11. The van der Waals surface area contributed by atoms with Crippen molar-refractivity contribution in [1.82, 2.24) is 34.7 Å². The molecule has 0 saturated carbocycles. The molecule has 0 aliphatic carbocycles. The smallest absolute Gasteiger partial charge is 0.348 e. The second-order valence-electron chi connectivity index (χ2n) is 8.52. The first-order valence-electron chi connectivity index (χ1n) is 11.3. The molecule has 1 fully saturated rings. The maximum Gasteiger partial charge on any atom is 0.348 e. The summed E-state index contributed by atoms with van der Waals surface area (Å²) in [6, 6.07) is 9.97. The lowest BCUT2D eigenvalue weighted by Crippen LogP contribution is -2.39. The van der Waals surface area contributed by atoms with Crippen LogP contribution in [0.25, 0.3) is 11.3 Å². The minimum Gasteiger partial charge on any atom is -0.609 e. The molecule has 10 heteroatoms. The maximum atomic E-state index is 13.4. The summed E-state index contributed by atoms with van der Waals surface area (Å²) >= 11 is -1.30. The zero-order valence-electron chi connectivity index (χ0n) is 18.8. The number of anilines is 1. The topological polar surface area (TPSA) is 108 Å². The molecule has 1 aliphatic rings. The summed E-state index contributed by atoms with van der Waals surface area (Å²) in [6.07, 6.45) is 7.43. The predicted molar refractivity (Wildman–Crippen MR) is 128 cm³/mol. The van der Waals surface area contributed by atoms with Crippen LogP contribution >= 0.6 is 0 Å². The van der Waals surface area contributed by atoms with Gasteiger partial charge >= 0.3 is 5.16 Å². The first kappa shape index (κ1) is 21.9. The fraction of sp³-hybridized carbons (Fsp3) is 0.391. The first-order valence-corrected chi connectivity index (χ1v) is 12.5. The van der Waals surface area contributed by atoms with E-state index in [1.165, 1.54) is 0 Å². The molecule has 4 aromatic rings. The predicted octanol–water partition coefficient (Wildman–Crippen LogP) is 2.91. The normalized spacial score (nSPS) is 17.5. The molecule has 1 saturated heterocycles. The molecule has 9 nitrogen and oxygen atoms in total. The van der Waals surface area contributed by atoms with Gasteiger partial charge in [0.1, 0.15) is 5.25 Å². The van der Waals surface area contributed by atoms with Gasteiger partial charge in [0.15, 0.2) is 5.65 Å². The third kappa shape index (κ3) is 4.46. The molecule has 0 amide bonds. The van der Waals surface area contributed by atoms with E-state index in [0.29, 0.717) is 23.3 Å². The summed E-state index contributed by atoms with van der Waals surface area (Å²) in [4.78, 5) is 9.40. The molecule has 3 aromatic heterocycles. The van der Waals surface area contributed by atoms with E-state index < -0.39 is 11.2 Å². The molecule has 1 aliphatic heterocycles. The average Bonchev–Trinajstić information content (AvgIpc) is 3.53. The number of aromatic nitrogens is 6. The van der Waals surface area contributed by atoms with Crippen LogP contribution in [0.5, 0.6) is 0 Å². The lowest BCUT2D eigenvalue weighted by molar-refractivity contribution is 0.492. The van der Waals surface area contributed by atoms with Crippen molar-refractivity contribution in [3.05, 3.63) is 60.0 Å². The molecule has 2 atom stereocenters. The van der Waals surface area contributed by atoms with Gasteiger partial charge in [0.25, 0.3) is 0 Å². The molecule has 33 heavy (non-hydrogen) atoms. The van der Waals surface area contributed by atoms with Crippen molar-refractivity contribution in [2.45, 2.75) is 49.6 Å². The fourth-order valence-corrected chi connectivity index (χ4v) is 5.41. The molecular weight excluding hydrogens is 436 g/mol. The van der Waals surface area contributed by atoms with Crippen molar-refractivity contribution in [3.8, 4) is 5.69 Å². The number of nitrogens with zero attached hydrogens (tertiary/aromatic N) is 6. The molecule has 1 aromatic carbocycles. The zero-order chi connectivity index (χ0) is 22.8. The summed E-state index contributed by atoms with van der Waals surface area (Å²) < 4.78 is 16.9. The number of nitrogens with one attached hydrogen (secondary N) is 2. The Balaban J connectivity index is 1.50. The van der Waals surface area contributed by atoms with Gasteiger partial charge in [-0.25, -0.2) is 4.68 Å². The van der Waals surface area contributed by atoms with Gasteiger partial charge in [-0.2, -0.15) is 19.7 Å². The number of fused-ring (bicyclic) bond motifs is 1. The highest BCUT2D eigenvalue weighted by molar-refractivity contribution is 7.91. The monoisotopic (exact) mass is 464 g/mol. The highest BCUT2D eigenvalue weighted by Crippen LogP contribution is 2.25.